The molecule has 0 aliphatic carbocycles. The number of ether oxygens (including phenoxy) is 1. The second kappa shape index (κ2) is 28.5. The number of unbranched alkanes of at least 4 members (excludes halogenated alkanes) is 1. The summed E-state index contributed by atoms with van der Waals surface area (Å²) in [6.45, 7) is 15.7. The zero-order valence-electron chi connectivity index (χ0n) is 35.2. The number of likely N-dealkylation sites (N-methyl/N-ethyl adjacent to an activating group) is 1. The average molecular weight is 798 g/mol. The summed E-state index contributed by atoms with van der Waals surface area (Å²) in [7, 11) is 1.67. The van der Waals surface area contributed by atoms with Gasteiger partial charge in [-0.15, -0.1) is 0 Å². The summed E-state index contributed by atoms with van der Waals surface area (Å²) in [6.07, 6.45) is 12.4. The maximum Gasteiger partial charge on any atom is 0.322 e. The zero-order valence-corrected chi connectivity index (χ0v) is 36.0. The third-order valence-electron chi connectivity index (χ3n) is 9.58. The molecule has 0 saturated heterocycles. The summed E-state index contributed by atoms with van der Waals surface area (Å²) in [5.41, 5.74) is 8.01. The van der Waals surface area contributed by atoms with Gasteiger partial charge >= 0.3 is 5.97 Å². The van der Waals surface area contributed by atoms with Crippen molar-refractivity contribution in [2.24, 2.45) is 5.92 Å². The van der Waals surface area contributed by atoms with Crippen molar-refractivity contribution in [3.05, 3.63) is 137 Å². The lowest BCUT2D eigenvalue weighted by Crippen LogP contribution is -2.50. The summed E-state index contributed by atoms with van der Waals surface area (Å²) in [5, 5.41) is 23.8. The van der Waals surface area contributed by atoms with E-state index in [1.165, 1.54) is 16.8 Å². The molecule has 0 saturated carbocycles. The van der Waals surface area contributed by atoms with E-state index in [4.69, 9.17) is 12.2 Å². The lowest BCUT2D eigenvalue weighted by Gasteiger charge is -2.34. The Hall–Kier alpha value is -4.93. The van der Waals surface area contributed by atoms with Gasteiger partial charge in [-0.25, -0.2) is 0 Å². The number of rotatable bonds is 24. The second-order valence-electron chi connectivity index (χ2n) is 13.9. The van der Waals surface area contributed by atoms with Gasteiger partial charge in [0.2, 0.25) is 0 Å². The highest BCUT2D eigenvalue weighted by molar-refractivity contribution is 7.80. The van der Waals surface area contributed by atoms with Gasteiger partial charge in [0.25, 0.3) is 6.47 Å². The summed E-state index contributed by atoms with van der Waals surface area (Å²) >= 11 is 6.04. The highest BCUT2D eigenvalue weighted by Crippen LogP contribution is 2.23. The van der Waals surface area contributed by atoms with E-state index in [9.17, 15) is 14.7 Å². The molecule has 3 aromatic rings. The topological polar surface area (TPSA) is 115 Å². The maximum atomic E-state index is 11.6. The molecule has 3 aromatic carbocycles. The summed E-state index contributed by atoms with van der Waals surface area (Å²) in [4.78, 5) is 23.5. The van der Waals surface area contributed by atoms with Crippen LogP contribution in [0, 0.1) is 5.92 Å². The van der Waals surface area contributed by atoms with E-state index in [1.807, 2.05) is 36.4 Å². The predicted octanol–water partition coefficient (Wildman–Crippen LogP) is 8.98. The molecule has 0 radical (unpaired) electrons. The van der Waals surface area contributed by atoms with Crippen LogP contribution in [0.15, 0.2) is 114 Å². The van der Waals surface area contributed by atoms with E-state index < -0.39 is 12.0 Å². The Morgan fingerprint density at radius 3 is 2.09 bits per heavy atom. The van der Waals surface area contributed by atoms with Gasteiger partial charge in [-0.1, -0.05) is 144 Å². The predicted molar refractivity (Wildman–Crippen MR) is 240 cm³/mol. The van der Waals surface area contributed by atoms with Crippen LogP contribution in [0.4, 0.5) is 0 Å². The Bertz CT molecular complexity index is 1680. The van der Waals surface area contributed by atoms with Crippen molar-refractivity contribution in [3.63, 3.8) is 0 Å². The maximum absolute atomic E-state index is 11.6. The molecule has 0 aliphatic rings. The molecule has 10 heteroatoms. The number of hydrogen-bond acceptors (Lipinski definition) is 7. The fourth-order valence-corrected chi connectivity index (χ4v) is 6.31. The van der Waals surface area contributed by atoms with E-state index >= 15 is 0 Å². The number of carboxylic acid groups (broad SMARTS) is 1. The molecule has 5 N–H and O–H groups in total. The van der Waals surface area contributed by atoms with Crippen LogP contribution in [0.1, 0.15) is 95.9 Å². The van der Waals surface area contributed by atoms with E-state index in [0.717, 1.165) is 67.5 Å². The first-order valence-electron chi connectivity index (χ1n) is 20.4. The van der Waals surface area contributed by atoms with Gasteiger partial charge in [-0.05, 0) is 92.0 Å². The second-order valence-corrected chi connectivity index (χ2v) is 14.3. The quantitative estimate of drug-likeness (QED) is 0.0261. The number of aliphatic carboxylic acids is 1. The van der Waals surface area contributed by atoms with Gasteiger partial charge < -0.3 is 36.0 Å². The van der Waals surface area contributed by atoms with E-state index in [-0.39, 0.29) is 6.17 Å². The smallest absolute Gasteiger partial charge is 0.322 e. The summed E-state index contributed by atoms with van der Waals surface area (Å²) in [6, 6.07) is 27.8. The normalized spacial score (nSPS) is 13.3. The van der Waals surface area contributed by atoms with Crippen molar-refractivity contribution in [1.29, 1.82) is 0 Å². The fourth-order valence-electron chi connectivity index (χ4n) is 5.99. The number of carboxylic acids is 1. The number of carbonyl (C=O) groups is 2. The minimum Gasteiger partial charge on any atom is -0.480 e. The van der Waals surface area contributed by atoms with Gasteiger partial charge in [-0.3, -0.25) is 9.59 Å². The van der Waals surface area contributed by atoms with E-state index in [2.05, 4.69) is 139 Å². The minimum atomic E-state index is -0.875. The molecule has 310 valence electrons. The van der Waals surface area contributed by atoms with Gasteiger partial charge in [0, 0.05) is 31.0 Å². The number of thiocarbonyl (C=S) groups is 1. The third-order valence-corrected chi connectivity index (χ3v) is 9.96. The van der Waals surface area contributed by atoms with Crippen LogP contribution in [0.25, 0.3) is 5.70 Å². The molecule has 0 amide bonds. The minimum absolute atomic E-state index is 0.0494. The Labute approximate surface area is 348 Å². The zero-order chi connectivity index (χ0) is 41.8. The summed E-state index contributed by atoms with van der Waals surface area (Å²) in [5.74, 6) is -0.424. The van der Waals surface area contributed by atoms with Crippen LogP contribution in [0.3, 0.4) is 0 Å². The van der Waals surface area contributed by atoms with Crippen molar-refractivity contribution in [2.75, 3.05) is 20.1 Å². The molecule has 0 fully saturated rings. The standard InChI is InChI=1S/C39H59N5O2S.C8H8O2/c1-8-12-19-34(29(5)10-3)35(11-4)43-30(6)44(39(47)41-26-25-31-17-15-14-16-18-31)28-32-21-23-33(24-22-32)36(20-13-9-2)42-27-37(40-7)38(45)46;9-7-10-6-8-4-2-1-3-5-8/h12,14-24,29-30,37,40,42-43H,8-11,13,25-28H2,1-7H3,(H,41,47)(H,45,46);1-5,7H,6H2/b19-12-,35-34-,36-20?;. The van der Waals surface area contributed by atoms with Gasteiger partial charge in [-0.2, -0.15) is 0 Å². The number of hydrogen-bond donors (Lipinski definition) is 5. The first-order chi connectivity index (χ1) is 27.6. The highest BCUT2D eigenvalue weighted by atomic mass is 32.1. The van der Waals surface area contributed by atoms with Crippen LogP contribution >= 0.6 is 12.2 Å². The molecule has 9 nitrogen and oxygen atoms in total. The van der Waals surface area contributed by atoms with Gasteiger partial charge in [0.15, 0.2) is 5.11 Å². The van der Waals surface area contributed by atoms with Crippen LogP contribution in [0.2, 0.25) is 0 Å². The monoisotopic (exact) mass is 797 g/mol. The molecule has 3 unspecified atom stereocenters. The van der Waals surface area contributed by atoms with Crippen molar-refractivity contribution in [1.82, 2.24) is 26.2 Å². The van der Waals surface area contributed by atoms with Crippen molar-refractivity contribution in [2.45, 2.75) is 105 Å². The lowest BCUT2D eigenvalue weighted by molar-refractivity contribution is -0.139. The fraction of sp³-hybridized carbons (Fsp3) is 0.426. The van der Waals surface area contributed by atoms with Gasteiger partial charge in [0.1, 0.15) is 12.6 Å². The largest absolute Gasteiger partial charge is 0.480 e. The first-order valence-corrected chi connectivity index (χ1v) is 20.8. The lowest BCUT2D eigenvalue weighted by atomic mass is 9.94. The molecule has 0 aliphatic heterocycles. The van der Waals surface area contributed by atoms with E-state index in [0.29, 0.717) is 37.2 Å². The number of nitrogens with one attached hydrogen (secondary N) is 4. The van der Waals surface area contributed by atoms with E-state index in [1.54, 1.807) is 7.05 Å². The Kier molecular flexibility index (Phi) is 24.1. The average Bonchev–Trinajstić information content (AvgIpc) is 3.23. The summed E-state index contributed by atoms with van der Waals surface area (Å²) < 4.78 is 4.54. The van der Waals surface area contributed by atoms with Crippen LogP contribution in [-0.4, -0.2) is 59.9 Å². The van der Waals surface area contributed by atoms with Crippen molar-refractivity contribution < 1.29 is 19.4 Å². The van der Waals surface area contributed by atoms with Crippen molar-refractivity contribution in [3.8, 4) is 0 Å². The number of allylic oxidation sites excluding steroid dienone is 5. The molecule has 3 rings (SSSR count). The molecule has 0 aromatic heterocycles. The molecule has 57 heavy (non-hydrogen) atoms. The Morgan fingerprint density at radius 1 is 0.895 bits per heavy atom. The SMILES string of the molecule is CC/C=C\C(=C(/CC)NC(C)N(Cc1ccc(C(=CCCC)NCC(NC)C(=O)O)cc1)C(=S)NCCc1ccccc1)C(C)CC.O=COCc1ccccc1. The Morgan fingerprint density at radius 2 is 1.54 bits per heavy atom. The molecule has 3 atom stereocenters. The molecular weight excluding hydrogens is 731 g/mol. The molecule has 0 heterocycles. The number of nitrogens with zero attached hydrogens (tertiary/aromatic N) is 1. The third kappa shape index (κ3) is 18.3. The molecule has 0 spiro atoms. The highest BCUT2D eigenvalue weighted by Gasteiger charge is 2.21. The molecular formula is C47H67N5O4S. The molecule has 0 bridgehead atoms. The van der Waals surface area contributed by atoms with Crippen LogP contribution in [0.5, 0.6) is 0 Å². The van der Waals surface area contributed by atoms with Crippen LogP contribution < -0.4 is 21.3 Å². The van der Waals surface area contributed by atoms with Crippen LogP contribution in [-0.2, 0) is 33.9 Å². The Balaban J connectivity index is 0.000000969. The number of benzene rings is 3. The van der Waals surface area contributed by atoms with Crippen molar-refractivity contribution >= 4 is 35.5 Å². The first kappa shape index (κ1) is 48.2. The van der Waals surface area contributed by atoms with Gasteiger partial charge in [0.05, 0.1) is 6.17 Å². The number of carbonyl (C=O) groups excluding carboxylic acids is 1.